The summed E-state index contributed by atoms with van der Waals surface area (Å²) in [7, 11) is 0. The standard InChI is InChI=1S/C30H24Cl2N2O6S/c1-4-38-28(36)20-14-17(10-12-22(20)32)23-13-11-18(40-23)15-24-27(35)34-26(19-8-6-7-9-21(19)31)25(29(37)39-5-2)16(3)33-30(34)41-24/h6-15,26H,4-5H2,1-3H3/b24-15-/t26-/m1/s1. The summed E-state index contributed by atoms with van der Waals surface area (Å²) in [5.74, 6) is -0.208. The van der Waals surface area contributed by atoms with E-state index in [-0.39, 0.29) is 34.9 Å². The summed E-state index contributed by atoms with van der Waals surface area (Å²) in [6.07, 6.45) is 1.61. The lowest BCUT2D eigenvalue weighted by Gasteiger charge is -2.25. The second kappa shape index (κ2) is 11.9. The van der Waals surface area contributed by atoms with E-state index in [2.05, 4.69) is 4.99 Å². The Morgan fingerprint density at radius 2 is 1.76 bits per heavy atom. The molecule has 210 valence electrons. The summed E-state index contributed by atoms with van der Waals surface area (Å²) in [5.41, 5.74) is 1.76. The van der Waals surface area contributed by atoms with Crippen molar-refractivity contribution in [1.82, 2.24) is 4.57 Å². The Morgan fingerprint density at radius 1 is 1.02 bits per heavy atom. The number of rotatable bonds is 7. The number of furan rings is 1. The minimum absolute atomic E-state index is 0.172. The smallest absolute Gasteiger partial charge is 0.339 e. The Balaban J connectivity index is 1.59. The van der Waals surface area contributed by atoms with Crippen molar-refractivity contribution in [3.8, 4) is 11.3 Å². The zero-order valence-corrected chi connectivity index (χ0v) is 24.6. The number of hydrogen-bond donors (Lipinski definition) is 0. The molecule has 0 N–H and O–H groups in total. The first-order valence-electron chi connectivity index (χ1n) is 12.7. The number of aromatic nitrogens is 1. The van der Waals surface area contributed by atoms with Gasteiger partial charge < -0.3 is 13.9 Å². The molecule has 4 aromatic rings. The van der Waals surface area contributed by atoms with Gasteiger partial charge in [0.2, 0.25) is 0 Å². The molecule has 8 nitrogen and oxygen atoms in total. The third-order valence-electron chi connectivity index (χ3n) is 6.36. The van der Waals surface area contributed by atoms with E-state index in [4.69, 9.17) is 37.1 Å². The van der Waals surface area contributed by atoms with Gasteiger partial charge in [0.25, 0.3) is 5.56 Å². The average Bonchev–Trinajstić information content (AvgIpc) is 3.53. The lowest BCUT2D eigenvalue weighted by Crippen LogP contribution is -2.40. The fourth-order valence-corrected chi connectivity index (χ4v) is 6.00. The van der Waals surface area contributed by atoms with Gasteiger partial charge in [0.1, 0.15) is 17.6 Å². The Hall–Kier alpha value is -3.92. The number of esters is 2. The molecular weight excluding hydrogens is 587 g/mol. The number of carbonyl (C=O) groups is 2. The van der Waals surface area contributed by atoms with Crippen LogP contribution in [0.2, 0.25) is 10.0 Å². The third kappa shape index (κ3) is 5.53. The molecule has 1 aliphatic rings. The minimum Gasteiger partial charge on any atom is -0.463 e. The number of halogens is 2. The van der Waals surface area contributed by atoms with Gasteiger partial charge in [-0.2, -0.15) is 0 Å². The van der Waals surface area contributed by atoms with E-state index in [0.29, 0.717) is 42.7 Å². The Labute approximate surface area is 248 Å². The van der Waals surface area contributed by atoms with E-state index in [1.807, 2.05) is 0 Å². The molecule has 0 saturated carbocycles. The molecule has 0 aliphatic carbocycles. The highest BCUT2D eigenvalue weighted by atomic mass is 35.5. The minimum atomic E-state index is -0.816. The molecule has 0 bridgehead atoms. The normalized spacial score (nSPS) is 15.0. The molecule has 1 aliphatic heterocycles. The van der Waals surface area contributed by atoms with Gasteiger partial charge in [0.05, 0.1) is 39.6 Å². The number of nitrogens with zero attached hydrogens (tertiary/aromatic N) is 2. The number of benzene rings is 2. The fraction of sp³-hybridized carbons (Fsp3) is 0.200. The first-order chi connectivity index (χ1) is 19.7. The number of hydrogen-bond acceptors (Lipinski definition) is 8. The Kier molecular flexibility index (Phi) is 8.30. The van der Waals surface area contributed by atoms with Crippen molar-refractivity contribution in [2.75, 3.05) is 13.2 Å². The number of carbonyl (C=O) groups excluding carboxylic acids is 2. The van der Waals surface area contributed by atoms with Crippen molar-refractivity contribution >= 4 is 52.6 Å². The van der Waals surface area contributed by atoms with Gasteiger partial charge in [0, 0.05) is 16.7 Å². The molecule has 0 spiro atoms. The number of ether oxygens (including phenoxy) is 2. The molecule has 0 saturated heterocycles. The maximum Gasteiger partial charge on any atom is 0.339 e. The average molecular weight is 612 g/mol. The van der Waals surface area contributed by atoms with Gasteiger partial charge in [-0.15, -0.1) is 0 Å². The SMILES string of the molecule is CCOC(=O)C1=C(C)N=c2s/c(=C\c3ccc(-c4ccc(Cl)c(C(=O)OCC)c4)o3)c(=O)n2[C@@H]1c1ccccc1Cl. The van der Waals surface area contributed by atoms with Crippen molar-refractivity contribution < 1.29 is 23.5 Å². The highest BCUT2D eigenvalue weighted by molar-refractivity contribution is 7.07. The van der Waals surface area contributed by atoms with Crippen molar-refractivity contribution in [1.29, 1.82) is 0 Å². The van der Waals surface area contributed by atoms with Crippen molar-refractivity contribution in [3.05, 3.63) is 112 Å². The van der Waals surface area contributed by atoms with E-state index in [9.17, 15) is 14.4 Å². The summed E-state index contributed by atoms with van der Waals surface area (Å²) in [5, 5.41) is 0.676. The van der Waals surface area contributed by atoms with Gasteiger partial charge in [-0.1, -0.05) is 52.7 Å². The van der Waals surface area contributed by atoms with Crippen LogP contribution in [-0.4, -0.2) is 29.7 Å². The van der Waals surface area contributed by atoms with E-state index < -0.39 is 18.0 Å². The quantitative estimate of drug-likeness (QED) is 0.255. The maximum atomic E-state index is 13.8. The summed E-state index contributed by atoms with van der Waals surface area (Å²) in [4.78, 5) is 44.1. The fourth-order valence-electron chi connectivity index (χ4n) is 4.54. The molecule has 5 rings (SSSR count). The predicted molar refractivity (Wildman–Crippen MR) is 157 cm³/mol. The largest absolute Gasteiger partial charge is 0.463 e. The van der Waals surface area contributed by atoms with Crippen LogP contribution in [0.15, 0.2) is 80.1 Å². The topological polar surface area (TPSA) is 100 Å². The molecule has 3 heterocycles. The Morgan fingerprint density at radius 3 is 2.49 bits per heavy atom. The van der Waals surface area contributed by atoms with Crippen LogP contribution in [0.4, 0.5) is 0 Å². The zero-order valence-electron chi connectivity index (χ0n) is 22.3. The maximum absolute atomic E-state index is 13.8. The summed E-state index contributed by atoms with van der Waals surface area (Å²) in [6, 6.07) is 14.6. The van der Waals surface area contributed by atoms with Gasteiger partial charge in [-0.25, -0.2) is 14.6 Å². The summed E-state index contributed by atoms with van der Waals surface area (Å²) < 4.78 is 18.2. The summed E-state index contributed by atoms with van der Waals surface area (Å²) >= 11 is 13.9. The summed E-state index contributed by atoms with van der Waals surface area (Å²) in [6.45, 7) is 5.54. The number of allylic oxidation sites excluding steroid dienone is 1. The highest BCUT2D eigenvalue weighted by Crippen LogP contribution is 2.34. The number of fused-ring (bicyclic) bond motifs is 1. The van der Waals surface area contributed by atoms with Crippen molar-refractivity contribution in [3.63, 3.8) is 0 Å². The zero-order chi connectivity index (χ0) is 29.3. The van der Waals surface area contributed by atoms with E-state index in [1.54, 1.807) is 81.4 Å². The molecule has 0 radical (unpaired) electrons. The first kappa shape index (κ1) is 28.6. The van der Waals surface area contributed by atoms with Gasteiger partial charge in [-0.3, -0.25) is 9.36 Å². The van der Waals surface area contributed by atoms with Crippen LogP contribution in [0.5, 0.6) is 0 Å². The van der Waals surface area contributed by atoms with Crippen LogP contribution >= 0.6 is 34.5 Å². The van der Waals surface area contributed by atoms with Crippen LogP contribution < -0.4 is 14.9 Å². The second-order valence-corrected chi connectivity index (χ2v) is 10.8. The lowest BCUT2D eigenvalue weighted by atomic mass is 9.96. The van der Waals surface area contributed by atoms with Crippen molar-refractivity contribution in [2.45, 2.75) is 26.8 Å². The van der Waals surface area contributed by atoms with Crippen LogP contribution in [0, 0.1) is 0 Å². The van der Waals surface area contributed by atoms with Gasteiger partial charge >= 0.3 is 11.9 Å². The Bertz CT molecular complexity index is 1880. The monoisotopic (exact) mass is 610 g/mol. The van der Waals surface area contributed by atoms with Crippen LogP contribution in [0.25, 0.3) is 17.4 Å². The second-order valence-electron chi connectivity index (χ2n) is 8.94. The molecule has 1 atom stereocenters. The molecule has 2 aromatic heterocycles. The van der Waals surface area contributed by atoms with Crippen molar-refractivity contribution in [2.24, 2.45) is 4.99 Å². The first-order valence-corrected chi connectivity index (χ1v) is 14.3. The molecule has 11 heteroatoms. The van der Waals surface area contributed by atoms with Gasteiger partial charge in [-0.05, 0) is 62.7 Å². The number of thiazole rings is 1. The van der Waals surface area contributed by atoms with Gasteiger partial charge in [0.15, 0.2) is 4.80 Å². The third-order valence-corrected chi connectivity index (χ3v) is 8.02. The van der Waals surface area contributed by atoms with E-state index in [1.165, 1.54) is 15.9 Å². The van der Waals surface area contributed by atoms with Crippen LogP contribution in [0.3, 0.4) is 0 Å². The van der Waals surface area contributed by atoms with E-state index in [0.717, 1.165) is 0 Å². The molecule has 0 unspecified atom stereocenters. The van der Waals surface area contributed by atoms with Crippen LogP contribution in [0.1, 0.15) is 48.5 Å². The predicted octanol–water partition coefficient (Wildman–Crippen LogP) is 5.54. The molecule has 2 aromatic carbocycles. The molecule has 0 fully saturated rings. The highest BCUT2D eigenvalue weighted by Gasteiger charge is 2.34. The lowest BCUT2D eigenvalue weighted by molar-refractivity contribution is -0.139. The molecule has 0 amide bonds. The molecule has 41 heavy (non-hydrogen) atoms. The van der Waals surface area contributed by atoms with E-state index >= 15 is 0 Å². The molecular formula is C30H24Cl2N2O6S. The van der Waals surface area contributed by atoms with Crippen LogP contribution in [-0.2, 0) is 14.3 Å².